The van der Waals surface area contributed by atoms with Crippen molar-refractivity contribution in [3.05, 3.63) is 22.2 Å². The van der Waals surface area contributed by atoms with Gasteiger partial charge >= 0.3 is 0 Å². The van der Waals surface area contributed by atoms with Gasteiger partial charge in [-0.15, -0.1) is 0 Å². The number of rotatable bonds is 3. The van der Waals surface area contributed by atoms with Crippen LogP contribution in [-0.2, 0) is 6.42 Å². The fourth-order valence-electron chi connectivity index (χ4n) is 2.48. The minimum Gasteiger partial charge on any atom is -0.386 e. The van der Waals surface area contributed by atoms with Crippen molar-refractivity contribution >= 4 is 5.82 Å². The van der Waals surface area contributed by atoms with Gasteiger partial charge in [0.15, 0.2) is 0 Å². The third-order valence-electron chi connectivity index (χ3n) is 3.70. The van der Waals surface area contributed by atoms with Crippen LogP contribution >= 0.6 is 0 Å². The van der Waals surface area contributed by atoms with Crippen LogP contribution in [0.2, 0.25) is 0 Å². The Morgan fingerprint density at radius 1 is 1.59 bits per heavy atom. The Morgan fingerprint density at radius 3 is 2.88 bits per heavy atom. The maximum Gasteiger partial charge on any atom is 0.252 e. The predicted molar refractivity (Wildman–Crippen MR) is 64.1 cm³/mol. The lowest BCUT2D eigenvalue weighted by Crippen LogP contribution is -2.63. The third kappa shape index (κ3) is 1.84. The Bertz CT molecular complexity index is 487. The maximum atomic E-state index is 11.4. The molecule has 3 rings (SSSR count). The molecule has 0 bridgehead atoms. The standard InChI is InChI=1S/C12H17N3O2/c1-2-9-13-10(5-11(16)14-9)15-6-12(17,7-15)8-3-4-8/h5,8,17H,2-4,6-7H2,1H3,(H,13,14,16). The van der Waals surface area contributed by atoms with Crippen molar-refractivity contribution in [2.24, 2.45) is 5.92 Å². The highest BCUT2D eigenvalue weighted by Gasteiger charge is 2.52. The second kappa shape index (κ2) is 3.57. The number of anilines is 1. The largest absolute Gasteiger partial charge is 0.386 e. The fourth-order valence-corrected chi connectivity index (χ4v) is 2.48. The Labute approximate surface area is 99.5 Å². The van der Waals surface area contributed by atoms with Gasteiger partial charge in [-0.2, -0.15) is 0 Å². The molecule has 0 radical (unpaired) electrons. The number of hydrogen-bond acceptors (Lipinski definition) is 4. The number of nitrogens with zero attached hydrogens (tertiary/aromatic N) is 2. The molecule has 0 aromatic carbocycles. The summed E-state index contributed by atoms with van der Waals surface area (Å²) in [5.41, 5.74) is -0.648. The molecule has 0 atom stereocenters. The van der Waals surface area contributed by atoms with Gasteiger partial charge in [-0.25, -0.2) is 4.98 Å². The number of H-pyrrole nitrogens is 1. The summed E-state index contributed by atoms with van der Waals surface area (Å²) in [5, 5.41) is 10.2. The lowest BCUT2D eigenvalue weighted by molar-refractivity contribution is -0.00978. The van der Waals surface area contributed by atoms with Crippen LogP contribution in [0.25, 0.3) is 0 Å². The summed E-state index contributed by atoms with van der Waals surface area (Å²) in [5.74, 6) is 1.86. The highest BCUT2D eigenvalue weighted by Crippen LogP contribution is 2.45. The van der Waals surface area contributed by atoms with Crippen LogP contribution in [0.4, 0.5) is 5.82 Å². The molecule has 1 aliphatic carbocycles. The van der Waals surface area contributed by atoms with Crippen LogP contribution in [0.3, 0.4) is 0 Å². The minimum atomic E-state index is -0.531. The number of nitrogens with one attached hydrogen (secondary N) is 1. The van der Waals surface area contributed by atoms with E-state index in [1.165, 1.54) is 6.07 Å². The highest BCUT2D eigenvalue weighted by atomic mass is 16.3. The SMILES string of the molecule is CCc1nc(N2CC(O)(C3CC3)C2)cc(=O)[nH]1. The zero-order valence-electron chi connectivity index (χ0n) is 9.94. The average Bonchev–Trinajstić information content (AvgIpc) is 3.07. The minimum absolute atomic E-state index is 0.117. The first-order valence-electron chi connectivity index (χ1n) is 6.18. The number of aryl methyl sites for hydroxylation is 1. The first kappa shape index (κ1) is 10.8. The van der Waals surface area contributed by atoms with Crippen LogP contribution in [0, 0.1) is 5.92 Å². The van der Waals surface area contributed by atoms with E-state index >= 15 is 0 Å². The Kier molecular flexibility index (Phi) is 2.26. The first-order valence-corrected chi connectivity index (χ1v) is 6.18. The van der Waals surface area contributed by atoms with Crippen molar-refractivity contribution in [1.29, 1.82) is 0 Å². The molecule has 0 spiro atoms. The van der Waals surface area contributed by atoms with Crippen molar-refractivity contribution in [1.82, 2.24) is 9.97 Å². The second-order valence-corrected chi connectivity index (χ2v) is 5.14. The molecule has 17 heavy (non-hydrogen) atoms. The fraction of sp³-hybridized carbons (Fsp3) is 0.667. The Morgan fingerprint density at radius 2 is 2.29 bits per heavy atom. The monoisotopic (exact) mass is 235 g/mol. The molecule has 0 amide bonds. The quantitative estimate of drug-likeness (QED) is 0.790. The highest BCUT2D eigenvalue weighted by molar-refractivity contribution is 5.44. The van der Waals surface area contributed by atoms with E-state index in [4.69, 9.17) is 0 Å². The van der Waals surface area contributed by atoms with Crippen molar-refractivity contribution in [3.8, 4) is 0 Å². The number of aromatic nitrogens is 2. The van der Waals surface area contributed by atoms with E-state index in [1.807, 2.05) is 11.8 Å². The van der Waals surface area contributed by atoms with E-state index < -0.39 is 5.60 Å². The average molecular weight is 235 g/mol. The van der Waals surface area contributed by atoms with E-state index in [0.29, 0.717) is 37.1 Å². The van der Waals surface area contributed by atoms with E-state index in [9.17, 15) is 9.90 Å². The van der Waals surface area contributed by atoms with Crippen molar-refractivity contribution in [3.63, 3.8) is 0 Å². The molecule has 2 heterocycles. The number of β-amino-alcohol motifs (C(OH)–C–C–N with tert-alkyl or cyclic N) is 1. The third-order valence-corrected chi connectivity index (χ3v) is 3.70. The Hall–Kier alpha value is -1.36. The molecule has 1 saturated carbocycles. The first-order chi connectivity index (χ1) is 8.10. The summed E-state index contributed by atoms with van der Waals surface area (Å²) < 4.78 is 0. The van der Waals surface area contributed by atoms with Crippen LogP contribution in [0.15, 0.2) is 10.9 Å². The summed E-state index contributed by atoms with van der Waals surface area (Å²) >= 11 is 0. The molecule has 0 unspecified atom stereocenters. The number of aromatic amines is 1. The lowest BCUT2D eigenvalue weighted by atomic mass is 9.89. The van der Waals surface area contributed by atoms with Crippen LogP contribution in [-0.4, -0.2) is 33.8 Å². The van der Waals surface area contributed by atoms with Gasteiger partial charge < -0.3 is 15.0 Å². The molecule has 5 heteroatoms. The molecule has 1 saturated heterocycles. The second-order valence-electron chi connectivity index (χ2n) is 5.14. The van der Waals surface area contributed by atoms with Gasteiger partial charge in [0.1, 0.15) is 17.2 Å². The van der Waals surface area contributed by atoms with Gasteiger partial charge in [-0.05, 0) is 18.8 Å². The molecule has 1 aromatic heterocycles. The molecule has 2 aliphatic rings. The summed E-state index contributed by atoms with van der Waals surface area (Å²) in [4.78, 5) is 20.5. The van der Waals surface area contributed by atoms with Crippen LogP contribution < -0.4 is 10.5 Å². The molecule has 1 aliphatic heterocycles. The van der Waals surface area contributed by atoms with Gasteiger partial charge in [-0.1, -0.05) is 6.92 Å². The molecular formula is C12H17N3O2. The van der Waals surface area contributed by atoms with Gasteiger partial charge in [0, 0.05) is 12.5 Å². The van der Waals surface area contributed by atoms with Gasteiger partial charge in [-0.3, -0.25) is 4.79 Å². The van der Waals surface area contributed by atoms with Crippen LogP contribution in [0.1, 0.15) is 25.6 Å². The van der Waals surface area contributed by atoms with E-state index in [-0.39, 0.29) is 5.56 Å². The molecule has 92 valence electrons. The number of hydrogen-bond donors (Lipinski definition) is 2. The zero-order valence-corrected chi connectivity index (χ0v) is 9.94. The summed E-state index contributed by atoms with van der Waals surface area (Å²) in [6.07, 6.45) is 2.98. The van der Waals surface area contributed by atoms with E-state index in [2.05, 4.69) is 9.97 Å². The normalized spacial score (nSPS) is 22.4. The molecule has 2 N–H and O–H groups in total. The van der Waals surface area contributed by atoms with Crippen molar-refractivity contribution in [2.45, 2.75) is 31.8 Å². The van der Waals surface area contributed by atoms with Gasteiger partial charge in [0.25, 0.3) is 5.56 Å². The molecule has 2 fully saturated rings. The van der Waals surface area contributed by atoms with Gasteiger partial charge in [0.2, 0.25) is 0 Å². The van der Waals surface area contributed by atoms with E-state index in [0.717, 1.165) is 12.8 Å². The zero-order chi connectivity index (χ0) is 12.0. The van der Waals surface area contributed by atoms with Gasteiger partial charge in [0.05, 0.1) is 13.1 Å². The molecule has 1 aromatic rings. The number of aliphatic hydroxyl groups is 1. The van der Waals surface area contributed by atoms with Crippen molar-refractivity contribution < 1.29 is 5.11 Å². The molecular weight excluding hydrogens is 218 g/mol. The summed E-state index contributed by atoms with van der Waals surface area (Å²) in [6.45, 7) is 3.17. The van der Waals surface area contributed by atoms with Crippen molar-refractivity contribution in [2.75, 3.05) is 18.0 Å². The smallest absolute Gasteiger partial charge is 0.252 e. The summed E-state index contributed by atoms with van der Waals surface area (Å²) in [7, 11) is 0. The lowest BCUT2D eigenvalue weighted by Gasteiger charge is -2.47. The van der Waals surface area contributed by atoms with E-state index in [1.54, 1.807) is 0 Å². The van der Waals surface area contributed by atoms with Crippen LogP contribution in [0.5, 0.6) is 0 Å². The maximum absolute atomic E-state index is 11.4. The molecule has 5 nitrogen and oxygen atoms in total. The summed E-state index contributed by atoms with van der Waals surface area (Å²) in [6, 6.07) is 1.51. The topological polar surface area (TPSA) is 69.2 Å². The predicted octanol–water partition coefficient (Wildman–Crippen LogP) is 0.293. The Balaban J connectivity index is 1.78.